The minimum Gasteiger partial charge on any atom is -0.376 e. The van der Waals surface area contributed by atoms with E-state index in [1.165, 1.54) is 16.7 Å². The highest BCUT2D eigenvalue weighted by Gasteiger charge is 2.17. The fourth-order valence-corrected chi connectivity index (χ4v) is 5.28. The van der Waals surface area contributed by atoms with Crippen molar-refractivity contribution in [2.24, 2.45) is 0 Å². The first-order chi connectivity index (χ1) is 16.6. The maximum Gasteiger partial charge on any atom is 0.220 e. The van der Waals surface area contributed by atoms with Crippen LogP contribution in [0.5, 0.6) is 0 Å². The predicted octanol–water partition coefficient (Wildman–Crippen LogP) is 5.18. The maximum absolute atomic E-state index is 12.2. The number of hydrogen-bond acceptors (Lipinski definition) is 5. The van der Waals surface area contributed by atoms with Gasteiger partial charge in [-0.2, -0.15) is 0 Å². The number of benzene rings is 2. The van der Waals surface area contributed by atoms with Crippen LogP contribution in [0, 0.1) is 13.8 Å². The van der Waals surface area contributed by atoms with Crippen LogP contribution in [0.1, 0.15) is 54.6 Å². The smallest absolute Gasteiger partial charge is 0.220 e. The minimum atomic E-state index is 0.102. The normalized spacial score (nSPS) is 15.5. The topological polar surface area (TPSA) is 69.0 Å². The van der Waals surface area contributed by atoms with E-state index in [0.717, 1.165) is 61.1 Å². The standard InChI is InChI=1S/C27H34N4O2S/c1-20-15-21(2)17-22(16-20)19-34-27-30-29-25(31(27)23-9-4-3-5-10-23)12-6-7-13-26(32)28-18-24-11-8-14-33-24/h3-5,9-10,15-17,24H,6-8,11-14,18-19H2,1-2H3,(H,28,32). The summed E-state index contributed by atoms with van der Waals surface area (Å²) < 4.78 is 7.73. The second kappa shape index (κ2) is 12.2. The van der Waals surface area contributed by atoms with Crippen molar-refractivity contribution in [2.45, 2.75) is 69.4 Å². The van der Waals surface area contributed by atoms with Gasteiger partial charge in [0.15, 0.2) is 5.16 Å². The van der Waals surface area contributed by atoms with E-state index in [1.54, 1.807) is 11.8 Å². The molecular formula is C27H34N4O2S. The molecule has 0 radical (unpaired) electrons. The van der Waals surface area contributed by atoms with Gasteiger partial charge in [-0.25, -0.2) is 0 Å². The van der Waals surface area contributed by atoms with E-state index in [-0.39, 0.29) is 12.0 Å². The van der Waals surface area contributed by atoms with Crippen molar-refractivity contribution in [3.8, 4) is 5.69 Å². The summed E-state index contributed by atoms with van der Waals surface area (Å²) in [4.78, 5) is 12.2. The SMILES string of the molecule is Cc1cc(C)cc(CSc2nnc(CCCCC(=O)NCC3CCCO3)n2-c2ccccc2)c1. The monoisotopic (exact) mass is 478 g/mol. The van der Waals surface area contributed by atoms with E-state index >= 15 is 0 Å². The molecule has 0 spiro atoms. The molecule has 1 aliphatic rings. The molecule has 6 nitrogen and oxygen atoms in total. The van der Waals surface area contributed by atoms with Gasteiger partial charge in [0.1, 0.15) is 5.82 Å². The number of carbonyl (C=O) groups is 1. The summed E-state index contributed by atoms with van der Waals surface area (Å²) in [6.07, 6.45) is 5.34. The lowest BCUT2D eigenvalue weighted by Gasteiger charge is -2.11. The van der Waals surface area contributed by atoms with Crippen LogP contribution in [-0.4, -0.2) is 39.9 Å². The average Bonchev–Trinajstić information content (AvgIpc) is 3.49. The summed E-state index contributed by atoms with van der Waals surface area (Å²) in [6.45, 7) is 5.71. The Bertz CT molecular complexity index is 1060. The van der Waals surface area contributed by atoms with Crippen molar-refractivity contribution < 1.29 is 9.53 Å². The number of nitrogens with one attached hydrogen (secondary N) is 1. The van der Waals surface area contributed by atoms with Crippen LogP contribution in [0.3, 0.4) is 0 Å². The number of aromatic nitrogens is 3. The Morgan fingerprint density at radius 2 is 1.91 bits per heavy atom. The quantitative estimate of drug-likeness (QED) is 0.304. The van der Waals surface area contributed by atoms with Crippen molar-refractivity contribution in [3.63, 3.8) is 0 Å². The van der Waals surface area contributed by atoms with Crippen molar-refractivity contribution in [1.82, 2.24) is 20.1 Å². The molecule has 0 aliphatic carbocycles. The van der Waals surface area contributed by atoms with Gasteiger partial charge in [0, 0.05) is 37.4 Å². The number of unbranched alkanes of at least 4 members (excludes halogenated alkanes) is 1. The molecule has 7 heteroatoms. The van der Waals surface area contributed by atoms with E-state index in [4.69, 9.17) is 4.74 Å². The molecule has 180 valence electrons. The van der Waals surface area contributed by atoms with Gasteiger partial charge < -0.3 is 10.1 Å². The molecule has 1 amide bonds. The van der Waals surface area contributed by atoms with Crippen LogP contribution < -0.4 is 5.32 Å². The molecular weight excluding hydrogens is 444 g/mol. The third-order valence-corrected chi connectivity index (χ3v) is 6.97. The van der Waals surface area contributed by atoms with Gasteiger partial charge in [0.25, 0.3) is 0 Å². The largest absolute Gasteiger partial charge is 0.376 e. The summed E-state index contributed by atoms with van der Waals surface area (Å²) in [5, 5.41) is 12.9. The minimum absolute atomic E-state index is 0.102. The fourth-order valence-electron chi connectivity index (χ4n) is 4.38. The number of amides is 1. The molecule has 1 aliphatic heterocycles. The summed E-state index contributed by atoms with van der Waals surface area (Å²) in [5.74, 6) is 1.89. The van der Waals surface area contributed by atoms with Crippen LogP contribution in [0.4, 0.5) is 0 Å². The lowest BCUT2D eigenvalue weighted by Crippen LogP contribution is -2.31. The number of ether oxygens (including phenoxy) is 1. The summed E-state index contributed by atoms with van der Waals surface area (Å²) >= 11 is 1.71. The molecule has 2 aromatic carbocycles. The molecule has 1 saturated heterocycles. The number of carbonyl (C=O) groups excluding carboxylic acids is 1. The van der Waals surface area contributed by atoms with E-state index in [1.807, 2.05) is 18.2 Å². The first-order valence-corrected chi connectivity index (χ1v) is 13.1. The molecule has 1 N–H and O–H groups in total. The number of hydrogen-bond donors (Lipinski definition) is 1. The van der Waals surface area contributed by atoms with Gasteiger partial charge in [-0.05, 0) is 57.2 Å². The predicted molar refractivity (Wildman–Crippen MR) is 136 cm³/mol. The van der Waals surface area contributed by atoms with Crippen LogP contribution in [0.2, 0.25) is 0 Å². The molecule has 0 saturated carbocycles. The van der Waals surface area contributed by atoms with E-state index in [2.05, 4.69) is 64.3 Å². The Labute approximate surface area is 206 Å². The van der Waals surface area contributed by atoms with Crippen LogP contribution in [0.15, 0.2) is 53.7 Å². The molecule has 2 heterocycles. The number of thioether (sulfide) groups is 1. The molecule has 4 rings (SSSR count). The zero-order chi connectivity index (χ0) is 23.8. The summed E-state index contributed by atoms with van der Waals surface area (Å²) in [5.41, 5.74) is 4.92. The van der Waals surface area contributed by atoms with Crippen LogP contribution >= 0.6 is 11.8 Å². The Morgan fingerprint density at radius 3 is 2.65 bits per heavy atom. The third-order valence-electron chi connectivity index (χ3n) is 5.97. The molecule has 34 heavy (non-hydrogen) atoms. The van der Waals surface area contributed by atoms with Gasteiger partial charge in [-0.1, -0.05) is 59.3 Å². The highest BCUT2D eigenvalue weighted by Crippen LogP contribution is 2.26. The van der Waals surface area contributed by atoms with E-state index in [0.29, 0.717) is 13.0 Å². The number of para-hydroxylation sites is 1. The molecule has 1 aromatic heterocycles. The zero-order valence-electron chi connectivity index (χ0n) is 20.1. The van der Waals surface area contributed by atoms with E-state index < -0.39 is 0 Å². The second-order valence-corrected chi connectivity index (χ2v) is 9.94. The Hall–Kier alpha value is -2.64. The first-order valence-electron chi connectivity index (χ1n) is 12.2. The highest BCUT2D eigenvalue weighted by molar-refractivity contribution is 7.98. The highest BCUT2D eigenvalue weighted by atomic mass is 32.2. The Kier molecular flexibility index (Phi) is 8.77. The van der Waals surface area contributed by atoms with Gasteiger partial charge >= 0.3 is 0 Å². The number of aryl methyl sites for hydroxylation is 3. The van der Waals surface area contributed by atoms with Gasteiger partial charge in [0.05, 0.1) is 6.10 Å². The molecule has 3 aromatic rings. The maximum atomic E-state index is 12.2. The van der Waals surface area contributed by atoms with Crippen LogP contribution in [-0.2, 0) is 21.7 Å². The molecule has 1 atom stereocenters. The van der Waals surface area contributed by atoms with Crippen molar-refractivity contribution in [3.05, 3.63) is 71.0 Å². The summed E-state index contributed by atoms with van der Waals surface area (Å²) in [7, 11) is 0. The fraction of sp³-hybridized carbons (Fsp3) is 0.444. The molecule has 0 bridgehead atoms. The number of rotatable bonds is 11. The second-order valence-electron chi connectivity index (χ2n) is 9.00. The van der Waals surface area contributed by atoms with E-state index in [9.17, 15) is 4.79 Å². The average molecular weight is 479 g/mol. The third kappa shape index (κ3) is 6.93. The van der Waals surface area contributed by atoms with Gasteiger partial charge in [0.2, 0.25) is 5.91 Å². The van der Waals surface area contributed by atoms with Gasteiger partial charge in [-0.3, -0.25) is 9.36 Å². The van der Waals surface area contributed by atoms with Crippen LogP contribution in [0.25, 0.3) is 5.69 Å². The lowest BCUT2D eigenvalue weighted by atomic mass is 10.1. The first kappa shape index (κ1) is 24.5. The molecule has 1 unspecified atom stereocenters. The Balaban J connectivity index is 1.35. The Morgan fingerprint density at radius 1 is 1.12 bits per heavy atom. The molecule has 1 fully saturated rings. The van der Waals surface area contributed by atoms with Crippen molar-refractivity contribution >= 4 is 17.7 Å². The lowest BCUT2D eigenvalue weighted by molar-refractivity contribution is -0.121. The zero-order valence-corrected chi connectivity index (χ0v) is 20.9. The summed E-state index contributed by atoms with van der Waals surface area (Å²) in [6, 6.07) is 16.9. The number of nitrogens with zero attached hydrogens (tertiary/aromatic N) is 3. The van der Waals surface area contributed by atoms with Gasteiger partial charge in [-0.15, -0.1) is 10.2 Å². The van der Waals surface area contributed by atoms with Crippen molar-refractivity contribution in [1.29, 1.82) is 0 Å². The van der Waals surface area contributed by atoms with Crippen molar-refractivity contribution in [2.75, 3.05) is 13.2 Å².